The lowest BCUT2D eigenvalue weighted by Crippen LogP contribution is -2.23. The molecular formula is C6H4F2O2S2. The van der Waals surface area contributed by atoms with Crippen molar-refractivity contribution in [1.82, 2.24) is 0 Å². The van der Waals surface area contributed by atoms with Gasteiger partial charge in [0.1, 0.15) is 0 Å². The van der Waals surface area contributed by atoms with Crippen LogP contribution in [0.4, 0.5) is 8.78 Å². The lowest BCUT2D eigenvalue weighted by atomic mass is 10.7. The molecule has 0 aliphatic carbocycles. The van der Waals surface area contributed by atoms with E-state index in [1.807, 2.05) is 0 Å². The lowest BCUT2D eigenvalue weighted by Gasteiger charge is -2.07. The fourth-order valence-corrected chi connectivity index (χ4v) is 2.10. The molecule has 0 aromatic carbocycles. The number of carbonyl (C=O) groups is 1. The van der Waals surface area contributed by atoms with Gasteiger partial charge in [-0.1, -0.05) is 6.07 Å². The molecule has 0 spiro atoms. The van der Waals surface area contributed by atoms with Gasteiger partial charge in [0.25, 0.3) is 0 Å². The van der Waals surface area contributed by atoms with Gasteiger partial charge in [0.15, 0.2) is 0 Å². The molecule has 1 N–H and O–H groups in total. The summed E-state index contributed by atoms with van der Waals surface area (Å²) in [5.41, 5.74) is 0. The van der Waals surface area contributed by atoms with Crippen molar-refractivity contribution in [3.05, 3.63) is 17.5 Å². The average molecular weight is 210 g/mol. The van der Waals surface area contributed by atoms with Gasteiger partial charge < -0.3 is 5.11 Å². The van der Waals surface area contributed by atoms with Crippen LogP contribution in [0.15, 0.2) is 21.7 Å². The molecule has 1 heterocycles. The molecular weight excluding hydrogens is 206 g/mol. The number of aliphatic carboxylic acids is 1. The molecule has 66 valence electrons. The Bertz CT molecular complexity index is 271. The second-order valence-electron chi connectivity index (χ2n) is 1.86. The number of rotatable bonds is 3. The zero-order valence-electron chi connectivity index (χ0n) is 5.66. The van der Waals surface area contributed by atoms with Crippen LogP contribution in [0.25, 0.3) is 0 Å². The maximum absolute atomic E-state index is 12.5. The number of carboxylic acid groups (broad SMARTS) is 1. The normalized spacial score (nSPS) is 11.5. The molecule has 0 bridgehead atoms. The molecule has 0 fully saturated rings. The lowest BCUT2D eigenvalue weighted by molar-refractivity contribution is -0.152. The van der Waals surface area contributed by atoms with Crippen molar-refractivity contribution in [3.8, 4) is 0 Å². The van der Waals surface area contributed by atoms with Crippen molar-refractivity contribution in [3.63, 3.8) is 0 Å². The van der Waals surface area contributed by atoms with E-state index in [0.29, 0.717) is 4.21 Å². The Hall–Kier alpha value is -0.620. The Morgan fingerprint density at radius 2 is 2.33 bits per heavy atom. The van der Waals surface area contributed by atoms with Gasteiger partial charge in [-0.25, -0.2) is 4.79 Å². The third-order valence-electron chi connectivity index (χ3n) is 0.973. The monoisotopic (exact) mass is 210 g/mol. The molecule has 0 aliphatic rings. The maximum Gasteiger partial charge on any atom is 0.393 e. The van der Waals surface area contributed by atoms with E-state index in [-0.39, 0.29) is 11.8 Å². The van der Waals surface area contributed by atoms with Crippen LogP contribution >= 0.6 is 23.1 Å². The molecule has 0 saturated carbocycles. The van der Waals surface area contributed by atoms with Crippen LogP contribution in [0.2, 0.25) is 0 Å². The number of hydrogen-bond donors (Lipinski definition) is 1. The van der Waals surface area contributed by atoms with Gasteiger partial charge in [-0.05, 0) is 23.2 Å². The summed E-state index contributed by atoms with van der Waals surface area (Å²) >= 11 is 1.13. The van der Waals surface area contributed by atoms with Crippen molar-refractivity contribution in [2.45, 2.75) is 9.46 Å². The van der Waals surface area contributed by atoms with E-state index in [0.717, 1.165) is 11.3 Å². The van der Waals surface area contributed by atoms with Crippen molar-refractivity contribution >= 4 is 29.1 Å². The molecule has 6 heteroatoms. The van der Waals surface area contributed by atoms with E-state index in [2.05, 4.69) is 0 Å². The summed E-state index contributed by atoms with van der Waals surface area (Å²) in [6.07, 6.45) is 0. The van der Waals surface area contributed by atoms with Crippen molar-refractivity contribution in [2.24, 2.45) is 0 Å². The van der Waals surface area contributed by atoms with E-state index in [1.54, 1.807) is 11.4 Å². The summed E-state index contributed by atoms with van der Waals surface area (Å²) in [5, 5.41) is 5.95. The first-order chi connectivity index (χ1) is 5.52. The van der Waals surface area contributed by atoms with E-state index in [9.17, 15) is 13.6 Å². The fraction of sp³-hybridized carbons (Fsp3) is 0.167. The largest absolute Gasteiger partial charge is 0.476 e. The Labute approximate surface area is 75.2 Å². The zero-order chi connectivity index (χ0) is 9.19. The molecule has 1 aromatic heterocycles. The van der Waals surface area contributed by atoms with Crippen LogP contribution in [0.1, 0.15) is 0 Å². The van der Waals surface area contributed by atoms with Gasteiger partial charge >= 0.3 is 11.2 Å². The van der Waals surface area contributed by atoms with E-state index < -0.39 is 11.2 Å². The zero-order valence-corrected chi connectivity index (χ0v) is 7.29. The SMILES string of the molecule is O=C(O)C(F)(F)Sc1cccs1. The third-order valence-corrected chi connectivity index (χ3v) is 2.94. The molecule has 0 saturated heterocycles. The molecule has 0 amide bonds. The number of thiophene rings is 1. The van der Waals surface area contributed by atoms with Crippen LogP contribution in [-0.2, 0) is 4.79 Å². The van der Waals surface area contributed by atoms with E-state index >= 15 is 0 Å². The van der Waals surface area contributed by atoms with Crippen LogP contribution in [-0.4, -0.2) is 16.3 Å². The van der Waals surface area contributed by atoms with E-state index in [4.69, 9.17) is 5.11 Å². The van der Waals surface area contributed by atoms with Gasteiger partial charge in [-0.2, -0.15) is 8.78 Å². The highest BCUT2D eigenvalue weighted by atomic mass is 32.2. The maximum atomic E-state index is 12.5. The summed E-state index contributed by atoms with van der Waals surface area (Å²) in [4.78, 5) is 9.98. The first kappa shape index (κ1) is 9.47. The first-order valence-electron chi connectivity index (χ1n) is 2.86. The number of thioether (sulfide) groups is 1. The molecule has 0 atom stereocenters. The first-order valence-corrected chi connectivity index (χ1v) is 4.56. The molecule has 1 rings (SSSR count). The minimum atomic E-state index is -3.73. The summed E-state index contributed by atoms with van der Waals surface area (Å²) in [7, 11) is 0. The highest BCUT2D eigenvalue weighted by molar-refractivity contribution is 8.02. The summed E-state index contributed by atoms with van der Waals surface area (Å²) in [5.74, 6) is -2.11. The molecule has 0 unspecified atom stereocenters. The Morgan fingerprint density at radius 1 is 1.67 bits per heavy atom. The quantitative estimate of drug-likeness (QED) is 0.779. The van der Waals surface area contributed by atoms with Crippen LogP contribution < -0.4 is 0 Å². The average Bonchev–Trinajstić information content (AvgIpc) is 2.38. The van der Waals surface area contributed by atoms with Crippen LogP contribution in [0.5, 0.6) is 0 Å². The number of halogens is 2. The predicted octanol–water partition coefficient (Wildman–Crippen LogP) is 2.52. The second kappa shape index (κ2) is 3.40. The van der Waals surface area contributed by atoms with E-state index in [1.165, 1.54) is 6.07 Å². The van der Waals surface area contributed by atoms with Crippen molar-refractivity contribution in [1.29, 1.82) is 0 Å². The Balaban J connectivity index is 2.69. The van der Waals surface area contributed by atoms with Crippen LogP contribution in [0.3, 0.4) is 0 Å². The summed E-state index contributed by atoms with van der Waals surface area (Å²) in [6, 6.07) is 3.04. The molecule has 2 nitrogen and oxygen atoms in total. The summed E-state index contributed by atoms with van der Waals surface area (Å²) in [6.45, 7) is 0. The predicted molar refractivity (Wildman–Crippen MR) is 42.8 cm³/mol. The van der Waals surface area contributed by atoms with Crippen molar-refractivity contribution in [2.75, 3.05) is 0 Å². The summed E-state index contributed by atoms with van der Waals surface area (Å²) < 4.78 is 25.3. The van der Waals surface area contributed by atoms with Gasteiger partial charge in [0.2, 0.25) is 0 Å². The Kier molecular flexibility index (Phi) is 2.69. The van der Waals surface area contributed by atoms with Crippen molar-refractivity contribution < 1.29 is 18.7 Å². The minimum absolute atomic E-state index is 0.0463. The molecule has 0 radical (unpaired) electrons. The fourth-order valence-electron chi connectivity index (χ4n) is 0.492. The van der Waals surface area contributed by atoms with Gasteiger partial charge in [-0.3, -0.25) is 0 Å². The van der Waals surface area contributed by atoms with Gasteiger partial charge in [0.05, 0.1) is 4.21 Å². The number of alkyl halides is 2. The van der Waals surface area contributed by atoms with Crippen LogP contribution in [0, 0.1) is 0 Å². The molecule has 1 aromatic rings. The highest BCUT2D eigenvalue weighted by Gasteiger charge is 2.40. The molecule has 0 aliphatic heterocycles. The second-order valence-corrected chi connectivity index (χ2v) is 4.22. The number of hydrogen-bond acceptors (Lipinski definition) is 3. The minimum Gasteiger partial charge on any atom is -0.476 e. The van der Waals surface area contributed by atoms with Gasteiger partial charge in [-0.15, -0.1) is 11.3 Å². The van der Waals surface area contributed by atoms with Gasteiger partial charge in [0, 0.05) is 0 Å². The smallest absolute Gasteiger partial charge is 0.393 e. The Morgan fingerprint density at radius 3 is 2.75 bits per heavy atom. The standard InChI is InChI=1S/C6H4F2O2S2/c7-6(8,5(9)10)12-4-2-1-3-11-4/h1-3H,(H,9,10). The highest BCUT2D eigenvalue weighted by Crippen LogP contribution is 2.38. The third kappa shape index (κ3) is 2.18. The molecule has 12 heavy (non-hydrogen) atoms. The number of carboxylic acids is 1. The topological polar surface area (TPSA) is 37.3 Å².